The second kappa shape index (κ2) is 6.52. The first-order chi connectivity index (χ1) is 12.2. The van der Waals surface area contributed by atoms with Crippen LogP contribution >= 0.6 is 0 Å². The minimum Gasteiger partial charge on any atom is -0.508 e. The van der Waals surface area contributed by atoms with Crippen molar-refractivity contribution in [2.45, 2.75) is 19.4 Å². The zero-order valence-corrected chi connectivity index (χ0v) is 14.3. The van der Waals surface area contributed by atoms with Crippen molar-refractivity contribution < 1.29 is 9.84 Å². The first kappa shape index (κ1) is 15.6. The summed E-state index contributed by atoms with van der Waals surface area (Å²) in [5.74, 6) is 1.24. The number of benzene rings is 2. The monoisotopic (exact) mass is 331 g/mol. The Bertz CT molecular complexity index is 964. The van der Waals surface area contributed by atoms with Crippen LogP contribution < -0.4 is 4.74 Å². The first-order valence-electron chi connectivity index (χ1n) is 8.56. The number of fused-ring (bicyclic) bond motifs is 1. The fourth-order valence-electron chi connectivity index (χ4n) is 3.47. The average Bonchev–Trinajstić information content (AvgIpc) is 3.00. The molecule has 0 aliphatic heterocycles. The van der Waals surface area contributed by atoms with Gasteiger partial charge in [0.05, 0.1) is 7.11 Å². The molecular formula is C22H21NO2. The molecule has 0 fully saturated rings. The van der Waals surface area contributed by atoms with E-state index in [2.05, 4.69) is 47.0 Å². The van der Waals surface area contributed by atoms with Gasteiger partial charge in [-0.3, -0.25) is 0 Å². The molecule has 3 aromatic rings. The van der Waals surface area contributed by atoms with Crippen molar-refractivity contribution >= 4 is 10.9 Å². The summed E-state index contributed by atoms with van der Waals surface area (Å²) in [6.07, 6.45) is 5.65. The van der Waals surface area contributed by atoms with Crippen molar-refractivity contribution in [2.24, 2.45) is 0 Å². The zero-order valence-electron chi connectivity index (χ0n) is 14.3. The second-order valence-electron chi connectivity index (χ2n) is 6.38. The summed E-state index contributed by atoms with van der Waals surface area (Å²) >= 11 is 0. The van der Waals surface area contributed by atoms with Gasteiger partial charge in [0.1, 0.15) is 11.5 Å². The fourth-order valence-corrected chi connectivity index (χ4v) is 3.47. The maximum absolute atomic E-state index is 9.84. The van der Waals surface area contributed by atoms with Gasteiger partial charge in [-0.1, -0.05) is 30.3 Å². The predicted octanol–water partition coefficient (Wildman–Crippen LogP) is 5.48. The second-order valence-corrected chi connectivity index (χ2v) is 6.38. The molecule has 4 rings (SSSR count). The molecule has 1 heterocycles. The Labute approximate surface area is 147 Å². The number of hydrogen-bond acceptors (Lipinski definition) is 2. The molecule has 1 N–H and O–H groups in total. The van der Waals surface area contributed by atoms with Crippen LogP contribution in [0.1, 0.15) is 12.8 Å². The van der Waals surface area contributed by atoms with Crippen LogP contribution in [0.5, 0.6) is 5.75 Å². The molecule has 3 nitrogen and oxygen atoms in total. The third kappa shape index (κ3) is 3.05. The number of hydrogen-bond donors (Lipinski definition) is 1. The van der Waals surface area contributed by atoms with E-state index in [0.717, 1.165) is 30.5 Å². The smallest absolute Gasteiger partial charge is 0.119 e. The van der Waals surface area contributed by atoms with Gasteiger partial charge in [-0.2, -0.15) is 0 Å². The summed E-state index contributed by atoms with van der Waals surface area (Å²) in [6, 6.07) is 18.8. The molecule has 0 saturated carbocycles. The molecule has 3 heteroatoms. The van der Waals surface area contributed by atoms with Gasteiger partial charge in [0, 0.05) is 23.1 Å². The molecule has 0 atom stereocenters. The third-order valence-corrected chi connectivity index (χ3v) is 4.71. The van der Waals surface area contributed by atoms with Crippen LogP contribution in [0.4, 0.5) is 0 Å². The highest BCUT2D eigenvalue weighted by molar-refractivity contribution is 5.88. The van der Waals surface area contributed by atoms with Gasteiger partial charge in [-0.15, -0.1) is 0 Å². The molecule has 1 aliphatic carbocycles. The number of aliphatic hydroxyl groups is 1. The van der Waals surface area contributed by atoms with E-state index in [-0.39, 0.29) is 0 Å². The summed E-state index contributed by atoms with van der Waals surface area (Å²) in [4.78, 5) is 0. The summed E-state index contributed by atoms with van der Waals surface area (Å²) in [7, 11) is 1.69. The minimum absolute atomic E-state index is 0.376. The fraction of sp³-hybridized carbons (Fsp3) is 0.182. The lowest BCUT2D eigenvalue weighted by Gasteiger charge is -2.16. The molecule has 1 aromatic heterocycles. The summed E-state index contributed by atoms with van der Waals surface area (Å²) in [5.41, 5.74) is 4.78. The van der Waals surface area contributed by atoms with E-state index in [0.29, 0.717) is 5.76 Å². The van der Waals surface area contributed by atoms with Crippen molar-refractivity contribution in [3.05, 3.63) is 78.1 Å². The number of rotatable bonds is 4. The van der Waals surface area contributed by atoms with Crippen LogP contribution in [0.2, 0.25) is 0 Å². The summed E-state index contributed by atoms with van der Waals surface area (Å²) in [6.45, 7) is 0.776. The van der Waals surface area contributed by atoms with E-state index >= 15 is 0 Å². The van der Waals surface area contributed by atoms with E-state index in [1.165, 1.54) is 22.3 Å². The van der Waals surface area contributed by atoms with Crippen LogP contribution in [-0.2, 0) is 6.54 Å². The van der Waals surface area contributed by atoms with Crippen molar-refractivity contribution in [2.75, 3.05) is 7.11 Å². The molecule has 0 amide bonds. The number of nitrogens with zero attached hydrogens (tertiary/aromatic N) is 1. The largest absolute Gasteiger partial charge is 0.508 e. The number of aromatic nitrogens is 1. The molecule has 0 bridgehead atoms. The van der Waals surface area contributed by atoms with Crippen LogP contribution in [-0.4, -0.2) is 16.8 Å². The maximum Gasteiger partial charge on any atom is 0.119 e. The Hall–Kier alpha value is -2.94. The predicted molar refractivity (Wildman–Crippen MR) is 102 cm³/mol. The molecule has 126 valence electrons. The Kier molecular flexibility index (Phi) is 4.06. The van der Waals surface area contributed by atoms with Gasteiger partial charge in [0.2, 0.25) is 0 Å². The van der Waals surface area contributed by atoms with Crippen molar-refractivity contribution in [1.82, 2.24) is 4.57 Å². The van der Waals surface area contributed by atoms with Gasteiger partial charge in [0.15, 0.2) is 0 Å². The average molecular weight is 331 g/mol. The van der Waals surface area contributed by atoms with Crippen molar-refractivity contribution in [1.29, 1.82) is 0 Å². The highest BCUT2D eigenvalue weighted by Gasteiger charge is 2.14. The van der Waals surface area contributed by atoms with Crippen LogP contribution in [0.25, 0.3) is 22.2 Å². The van der Waals surface area contributed by atoms with Gasteiger partial charge in [-0.25, -0.2) is 0 Å². The Balaban J connectivity index is 1.86. The lowest BCUT2D eigenvalue weighted by molar-refractivity contribution is 0.415. The van der Waals surface area contributed by atoms with E-state index in [1.807, 2.05) is 24.3 Å². The molecule has 1 aliphatic rings. The van der Waals surface area contributed by atoms with Gasteiger partial charge in [0.25, 0.3) is 0 Å². The molecule has 0 spiro atoms. The van der Waals surface area contributed by atoms with Gasteiger partial charge in [-0.05, 0) is 60.4 Å². The molecule has 0 unspecified atom stereocenters. The Morgan fingerprint density at radius 3 is 2.68 bits per heavy atom. The Morgan fingerprint density at radius 2 is 1.92 bits per heavy atom. The van der Waals surface area contributed by atoms with E-state index in [1.54, 1.807) is 7.11 Å². The quantitative estimate of drug-likeness (QED) is 0.687. The molecule has 0 radical (unpaired) electrons. The standard InChI is InChI=1S/C22H21NO2/c1-25-20-10-11-21-18(13-20)14-22(17-7-3-2-4-8-17)23(21)15-16-6-5-9-19(24)12-16/h2-4,7-14,24H,5-6,15H2,1H3. The van der Waals surface area contributed by atoms with Crippen LogP contribution in [0.15, 0.2) is 78.1 Å². The lowest BCUT2D eigenvalue weighted by Crippen LogP contribution is -2.05. The SMILES string of the molecule is COc1ccc2c(c1)cc(-c1ccccc1)n2CC1=CC(O)=CCC1. The van der Waals surface area contributed by atoms with Crippen LogP contribution in [0.3, 0.4) is 0 Å². The molecule has 25 heavy (non-hydrogen) atoms. The number of allylic oxidation sites excluding steroid dienone is 3. The third-order valence-electron chi connectivity index (χ3n) is 4.71. The van der Waals surface area contributed by atoms with Crippen LogP contribution in [0, 0.1) is 0 Å². The Morgan fingerprint density at radius 1 is 1.08 bits per heavy atom. The highest BCUT2D eigenvalue weighted by atomic mass is 16.5. The van der Waals surface area contributed by atoms with Gasteiger partial charge < -0.3 is 14.4 Å². The molecular weight excluding hydrogens is 310 g/mol. The molecule has 0 saturated heterocycles. The zero-order chi connectivity index (χ0) is 17.2. The summed E-state index contributed by atoms with van der Waals surface area (Å²) < 4.78 is 7.71. The lowest BCUT2D eigenvalue weighted by atomic mass is 10.0. The normalized spacial score (nSPS) is 14.3. The number of methoxy groups -OCH3 is 1. The van der Waals surface area contributed by atoms with Gasteiger partial charge >= 0.3 is 0 Å². The van der Waals surface area contributed by atoms with E-state index < -0.39 is 0 Å². The topological polar surface area (TPSA) is 34.4 Å². The minimum atomic E-state index is 0.376. The summed E-state index contributed by atoms with van der Waals surface area (Å²) in [5, 5.41) is 11.0. The number of ether oxygens (including phenoxy) is 1. The van der Waals surface area contributed by atoms with Crippen molar-refractivity contribution in [3.63, 3.8) is 0 Å². The van der Waals surface area contributed by atoms with E-state index in [9.17, 15) is 5.11 Å². The van der Waals surface area contributed by atoms with E-state index in [4.69, 9.17) is 4.74 Å². The molecule has 2 aromatic carbocycles. The highest BCUT2D eigenvalue weighted by Crippen LogP contribution is 2.32. The van der Waals surface area contributed by atoms with Crippen molar-refractivity contribution in [3.8, 4) is 17.0 Å². The maximum atomic E-state index is 9.84. The number of aliphatic hydroxyl groups excluding tert-OH is 1. The first-order valence-corrected chi connectivity index (χ1v) is 8.56.